The number of nitrogens with zero attached hydrogens (tertiary/aromatic N) is 2. The van der Waals surface area contributed by atoms with Gasteiger partial charge in [-0.2, -0.15) is 0 Å². The van der Waals surface area contributed by atoms with Gasteiger partial charge in [-0.3, -0.25) is 9.59 Å². The van der Waals surface area contributed by atoms with Gasteiger partial charge < -0.3 is 19.9 Å². The molecule has 6 heteroatoms. The summed E-state index contributed by atoms with van der Waals surface area (Å²) in [5.74, 6) is 0.411. The predicted molar refractivity (Wildman–Crippen MR) is 149 cm³/mol. The molecule has 5 rings (SSSR count). The van der Waals surface area contributed by atoms with Crippen molar-refractivity contribution in [3.05, 3.63) is 100 Å². The van der Waals surface area contributed by atoms with E-state index in [4.69, 9.17) is 4.74 Å². The number of carbonyl (C=O) groups excluding carboxylic acids is 2. The Kier molecular flexibility index (Phi) is 7.79. The van der Waals surface area contributed by atoms with Gasteiger partial charge >= 0.3 is 0 Å². The van der Waals surface area contributed by atoms with Crippen molar-refractivity contribution in [2.75, 3.05) is 27.2 Å². The summed E-state index contributed by atoms with van der Waals surface area (Å²) in [5, 5.41) is 3.33. The third-order valence-corrected chi connectivity index (χ3v) is 7.63. The molecule has 3 aromatic rings. The zero-order chi connectivity index (χ0) is 26.6. The largest absolute Gasteiger partial charge is 0.492 e. The molecule has 2 unspecified atom stereocenters. The van der Waals surface area contributed by atoms with E-state index in [2.05, 4.69) is 41.4 Å². The van der Waals surface area contributed by atoms with Crippen molar-refractivity contribution in [2.45, 2.75) is 51.2 Å². The normalized spacial score (nSPS) is 18.5. The monoisotopic (exact) mass is 511 g/mol. The highest BCUT2D eigenvalue weighted by Gasteiger charge is 2.36. The van der Waals surface area contributed by atoms with Crippen LogP contribution in [0.25, 0.3) is 0 Å². The molecule has 2 atom stereocenters. The zero-order valence-electron chi connectivity index (χ0n) is 22.6. The molecule has 1 aliphatic carbocycles. The lowest BCUT2D eigenvalue weighted by molar-refractivity contribution is -0.127. The van der Waals surface area contributed by atoms with Crippen LogP contribution in [0.1, 0.15) is 57.1 Å². The lowest BCUT2D eigenvalue weighted by Crippen LogP contribution is -2.53. The number of fused-ring (bicyclic) bond motifs is 2. The molecule has 0 saturated carbocycles. The molecule has 0 bridgehead atoms. The van der Waals surface area contributed by atoms with E-state index in [1.807, 2.05) is 44.4 Å². The second-order valence-electron chi connectivity index (χ2n) is 10.8. The molecule has 1 N–H and O–H groups in total. The minimum absolute atomic E-state index is 0.0336. The number of aryl methyl sites for hydroxylation is 2. The van der Waals surface area contributed by atoms with E-state index in [0.717, 1.165) is 36.9 Å². The summed E-state index contributed by atoms with van der Waals surface area (Å²) < 4.78 is 5.88. The SMILES string of the molecule is Cc1ccc2c(c1)C(NC(=O)C1Cc3ccccc3CN1C(=O)c1cccc(OCCN(C)C)c1)CCC2. The van der Waals surface area contributed by atoms with Crippen LogP contribution in [0.5, 0.6) is 5.75 Å². The highest BCUT2D eigenvalue weighted by Crippen LogP contribution is 2.32. The molecule has 38 heavy (non-hydrogen) atoms. The Bertz CT molecular complexity index is 1320. The number of hydrogen-bond acceptors (Lipinski definition) is 4. The third-order valence-electron chi connectivity index (χ3n) is 7.63. The average Bonchev–Trinajstić information content (AvgIpc) is 2.92. The topological polar surface area (TPSA) is 61.9 Å². The van der Waals surface area contributed by atoms with Gasteiger partial charge in [0.2, 0.25) is 5.91 Å². The molecule has 3 aromatic carbocycles. The van der Waals surface area contributed by atoms with Gasteiger partial charge in [0, 0.05) is 25.1 Å². The summed E-state index contributed by atoms with van der Waals surface area (Å²) in [4.78, 5) is 31.5. The van der Waals surface area contributed by atoms with E-state index >= 15 is 0 Å². The number of rotatable bonds is 7. The van der Waals surface area contributed by atoms with Crippen LogP contribution in [0.3, 0.4) is 0 Å². The number of amides is 2. The molecule has 198 valence electrons. The van der Waals surface area contributed by atoms with Gasteiger partial charge in [-0.15, -0.1) is 0 Å². The molecule has 0 aromatic heterocycles. The van der Waals surface area contributed by atoms with Gasteiger partial charge in [-0.1, -0.05) is 54.1 Å². The van der Waals surface area contributed by atoms with Crippen molar-refractivity contribution in [3.8, 4) is 5.75 Å². The molecule has 0 radical (unpaired) electrons. The quantitative estimate of drug-likeness (QED) is 0.500. The highest BCUT2D eigenvalue weighted by molar-refractivity contribution is 5.98. The maximum Gasteiger partial charge on any atom is 0.254 e. The zero-order valence-corrected chi connectivity index (χ0v) is 22.6. The summed E-state index contributed by atoms with van der Waals surface area (Å²) in [5.41, 5.74) is 6.45. The molecule has 0 spiro atoms. The first kappa shape index (κ1) is 26.0. The Morgan fingerprint density at radius 3 is 2.63 bits per heavy atom. The lowest BCUT2D eigenvalue weighted by atomic mass is 9.86. The van der Waals surface area contributed by atoms with Crippen LogP contribution < -0.4 is 10.1 Å². The van der Waals surface area contributed by atoms with E-state index in [1.165, 1.54) is 16.7 Å². The van der Waals surface area contributed by atoms with E-state index < -0.39 is 6.04 Å². The van der Waals surface area contributed by atoms with Crippen molar-refractivity contribution in [1.29, 1.82) is 0 Å². The van der Waals surface area contributed by atoms with Gasteiger partial charge in [0.25, 0.3) is 5.91 Å². The molecule has 2 amide bonds. The Hall–Kier alpha value is -3.64. The summed E-state index contributed by atoms with van der Waals surface area (Å²) in [6.07, 6.45) is 3.49. The van der Waals surface area contributed by atoms with E-state index in [9.17, 15) is 9.59 Å². The first-order valence-electron chi connectivity index (χ1n) is 13.5. The van der Waals surface area contributed by atoms with Gasteiger partial charge in [0.1, 0.15) is 18.4 Å². The third kappa shape index (κ3) is 5.76. The van der Waals surface area contributed by atoms with E-state index in [-0.39, 0.29) is 17.9 Å². The number of likely N-dealkylation sites (N-methyl/N-ethyl adjacent to an activating group) is 1. The Morgan fingerprint density at radius 2 is 1.82 bits per heavy atom. The van der Waals surface area contributed by atoms with Crippen LogP contribution >= 0.6 is 0 Å². The van der Waals surface area contributed by atoms with Gasteiger partial charge in [0.15, 0.2) is 0 Å². The van der Waals surface area contributed by atoms with Gasteiger partial charge in [-0.05, 0) is 80.7 Å². The summed E-state index contributed by atoms with van der Waals surface area (Å²) in [6, 6.07) is 21.3. The fourth-order valence-electron chi connectivity index (χ4n) is 5.54. The standard InChI is InChI=1S/C32H37N3O3/c1-22-14-15-23-10-7-13-29(28(23)18-22)33-31(36)30-20-24-8-4-5-9-26(24)21-35(30)32(37)25-11-6-12-27(19-25)38-17-16-34(2)3/h4-6,8-9,11-12,14-15,18-19,29-30H,7,10,13,16-17,20-21H2,1-3H3,(H,33,36). The van der Waals surface area contributed by atoms with Crippen LogP contribution in [0.15, 0.2) is 66.7 Å². The Morgan fingerprint density at radius 1 is 1.00 bits per heavy atom. The van der Waals surface area contributed by atoms with Crippen molar-refractivity contribution < 1.29 is 14.3 Å². The number of nitrogens with one attached hydrogen (secondary N) is 1. The summed E-state index contributed by atoms with van der Waals surface area (Å²) >= 11 is 0. The fourth-order valence-corrected chi connectivity index (χ4v) is 5.54. The van der Waals surface area contributed by atoms with Crippen LogP contribution in [-0.2, 0) is 24.2 Å². The number of hydrogen-bond donors (Lipinski definition) is 1. The molecule has 1 heterocycles. The Balaban J connectivity index is 1.39. The number of benzene rings is 3. The second-order valence-corrected chi connectivity index (χ2v) is 10.8. The van der Waals surface area contributed by atoms with Crippen LogP contribution in [0.2, 0.25) is 0 Å². The minimum Gasteiger partial charge on any atom is -0.492 e. The summed E-state index contributed by atoms with van der Waals surface area (Å²) in [7, 11) is 3.99. The molecule has 0 saturated heterocycles. The minimum atomic E-state index is -0.578. The first-order valence-corrected chi connectivity index (χ1v) is 13.5. The molecule has 1 aliphatic heterocycles. The van der Waals surface area contributed by atoms with Crippen molar-refractivity contribution in [2.24, 2.45) is 0 Å². The molecule has 0 fully saturated rings. The number of ether oxygens (including phenoxy) is 1. The van der Waals surface area contributed by atoms with Crippen LogP contribution in [-0.4, -0.2) is 54.9 Å². The van der Waals surface area contributed by atoms with Gasteiger partial charge in [0.05, 0.1) is 6.04 Å². The van der Waals surface area contributed by atoms with Gasteiger partial charge in [-0.25, -0.2) is 0 Å². The van der Waals surface area contributed by atoms with Crippen molar-refractivity contribution >= 4 is 11.8 Å². The van der Waals surface area contributed by atoms with Crippen LogP contribution in [0.4, 0.5) is 0 Å². The Labute approximate surface area is 225 Å². The van der Waals surface area contributed by atoms with E-state index in [1.54, 1.807) is 17.0 Å². The van der Waals surface area contributed by atoms with Crippen LogP contribution in [0, 0.1) is 6.92 Å². The van der Waals surface area contributed by atoms with E-state index in [0.29, 0.717) is 30.9 Å². The fraction of sp³-hybridized carbons (Fsp3) is 0.375. The second kappa shape index (κ2) is 11.4. The maximum atomic E-state index is 13.9. The average molecular weight is 512 g/mol. The molecular weight excluding hydrogens is 474 g/mol. The number of carbonyl (C=O) groups is 2. The predicted octanol–water partition coefficient (Wildman–Crippen LogP) is 4.70. The molecule has 2 aliphatic rings. The highest BCUT2D eigenvalue weighted by atomic mass is 16.5. The molecular formula is C32H37N3O3. The van der Waals surface area contributed by atoms with Crippen molar-refractivity contribution in [1.82, 2.24) is 15.1 Å². The first-order chi connectivity index (χ1) is 18.4. The summed E-state index contributed by atoms with van der Waals surface area (Å²) in [6.45, 7) is 3.81. The smallest absolute Gasteiger partial charge is 0.254 e. The van der Waals surface area contributed by atoms with Crippen molar-refractivity contribution in [3.63, 3.8) is 0 Å². The lowest BCUT2D eigenvalue weighted by Gasteiger charge is -2.37. The maximum absolute atomic E-state index is 13.9. The molecule has 6 nitrogen and oxygen atoms in total.